The molecule has 2 aromatic rings. The van der Waals surface area contributed by atoms with Crippen LogP contribution in [0.2, 0.25) is 10.0 Å². The summed E-state index contributed by atoms with van der Waals surface area (Å²) in [7, 11) is 0. The molecule has 1 aliphatic carbocycles. The first-order chi connectivity index (χ1) is 13.8. The van der Waals surface area contributed by atoms with Gasteiger partial charge >= 0.3 is 0 Å². The third kappa shape index (κ3) is 4.57. The number of piperidine rings is 1. The Bertz CT molecular complexity index is 911. The fraction of sp³-hybridized carbons (Fsp3) is 0.409. The lowest BCUT2D eigenvalue weighted by molar-refractivity contribution is -0.134. The van der Waals surface area contributed by atoms with Crippen LogP contribution in [0.1, 0.15) is 43.0 Å². The van der Waals surface area contributed by atoms with Gasteiger partial charge in [0.15, 0.2) is 0 Å². The number of nitrogens with zero attached hydrogens (tertiary/aromatic N) is 2. The molecule has 2 amide bonds. The van der Waals surface area contributed by atoms with Gasteiger partial charge in [-0.05, 0) is 68.4 Å². The molecule has 1 aromatic heterocycles. The molecule has 0 radical (unpaired) electrons. The molecule has 152 valence electrons. The standard InChI is InChI=1S/C22H23Cl2N3O2/c1-14(21(29)27-8-6-22(4-5-22)7-9-27)26-20(28)15-2-3-19(25-13-15)16-10-17(23)12-18(24)11-16/h2-3,10-14H,4-9H2,1H3,(H,26,28). The molecule has 5 nitrogen and oxygen atoms in total. The third-order valence-electron chi connectivity index (χ3n) is 5.99. The Labute approximate surface area is 180 Å². The van der Waals surface area contributed by atoms with Gasteiger partial charge in [0, 0.05) is 34.9 Å². The molecule has 1 saturated heterocycles. The Morgan fingerprint density at radius 1 is 1.07 bits per heavy atom. The van der Waals surface area contributed by atoms with Crippen LogP contribution in [0.5, 0.6) is 0 Å². The Hall–Kier alpha value is -2.11. The first-order valence-corrected chi connectivity index (χ1v) is 10.6. The van der Waals surface area contributed by atoms with Crippen molar-refractivity contribution in [3.05, 3.63) is 52.1 Å². The molecule has 7 heteroatoms. The minimum atomic E-state index is -0.567. The van der Waals surface area contributed by atoms with Crippen molar-refractivity contribution >= 4 is 35.0 Å². The average molecular weight is 432 g/mol. The van der Waals surface area contributed by atoms with E-state index in [0.29, 0.717) is 26.7 Å². The lowest BCUT2D eigenvalue weighted by atomic mass is 9.93. The summed E-state index contributed by atoms with van der Waals surface area (Å²) < 4.78 is 0. The molecule has 2 aliphatic rings. The van der Waals surface area contributed by atoms with E-state index < -0.39 is 6.04 Å². The van der Waals surface area contributed by atoms with E-state index in [1.165, 1.54) is 19.0 Å². The van der Waals surface area contributed by atoms with E-state index >= 15 is 0 Å². The Balaban J connectivity index is 1.37. The van der Waals surface area contributed by atoms with Crippen LogP contribution >= 0.6 is 23.2 Å². The highest BCUT2D eigenvalue weighted by Crippen LogP contribution is 2.53. The molecule has 1 unspecified atom stereocenters. The molecule has 1 spiro atoms. The maximum Gasteiger partial charge on any atom is 0.253 e. The fourth-order valence-corrected chi connectivity index (χ4v) is 4.42. The van der Waals surface area contributed by atoms with Gasteiger partial charge in [-0.25, -0.2) is 0 Å². The molecule has 1 N–H and O–H groups in total. The summed E-state index contributed by atoms with van der Waals surface area (Å²) in [5, 5.41) is 3.84. The van der Waals surface area contributed by atoms with E-state index in [4.69, 9.17) is 23.2 Å². The first kappa shape index (κ1) is 20.2. The fourth-order valence-electron chi connectivity index (χ4n) is 3.89. The van der Waals surface area contributed by atoms with Crippen LogP contribution in [-0.2, 0) is 4.79 Å². The zero-order valence-corrected chi connectivity index (χ0v) is 17.8. The second-order valence-electron chi connectivity index (χ2n) is 8.11. The van der Waals surface area contributed by atoms with Gasteiger partial charge in [0.05, 0.1) is 11.3 Å². The molecule has 4 rings (SSSR count). The molecule has 1 atom stereocenters. The number of rotatable bonds is 4. The molecule has 1 aliphatic heterocycles. The lowest BCUT2D eigenvalue weighted by Crippen LogP contribution is -2.49. The number of pyridine rings is 1. The molecule has 1 aromatic carbocycles. The summed E-state index contributed by atoms with van der Waals surface area (Å²) in [5.41, 5.74) is 2.36. The minimum Gasteiger partial charge on any atom is -0.341 e. The van der Waals surface area contributed by atoms with Crippen LogP contribution in [0.15, 0.2) is 36.5 Å². The van der Waals surface area contributed by atoms with E-state index in [1.54, 1.807) is 37.3 Å². The number of nitrogens with one attached hydrogen (secondary N) is 1. The van der Waals surface area contributed by atoms with Crippen LogP contribution in [-0.4, -0.2) is 40.8 Å². The van der Waals surface area contributed by atoms with Crippen LogP contribution < -0.4 is 5.32 Å². The van der Waals surface area contributed by atoms with E-state index in [9.17, 15) is 9.59 Å². The Morgan fingerprint density at radius 2 is 1.72 bits per heavy atom. The second kappa shape index (κ2) is 7.96. The predicted octanol–water partition coefficient (Wildman–Crippen LogP) is 4.58. The summed E-state index contributed by atoms with van der Waals surface area (Å²) >= 11 is 12.1. The molecule has 1 saturated carbocycles. The normalized spacial score (nSPS) is 18.4. The van der Waals surface area contributed by atoms with Crippen molar-refractivity contribution < 1.29 is 9.59 Å². The second-order valence-corrected chi connectivity index (χ2v) is 8.98. The van der Waals surface area contributed by atoms with Crippen LogP contribution in [0.4, 0.5) is 0 Å². The van der Waals surface area contributed by atoms with Gasteiger partial charge in [0.1, 0.15) is 6.04 Å². The maximum absolute atomic E-state index is 12.7. The van der Waals surface area contributed by atoms with Gasteiger partial charge in [-0.15, -0.1) is 0 Å². The smallest absolute Gasteiger partial charge is 0.253 e. The van der Waals surface area contributed by atoms with E-state index in [1.807, 2.05) is 4.90 Å². The molecule has 2 heterocycles. The van der Waals surface area contributed by atoms with Gasteiger partial charge in [0.25, 0.3) is 5.91 Å². The highest BCUT2D eigenvalue weighted by molar-refractivity contribution is 6.35. The average Bonchev–Trinajstić information content (AvgIpc) is 3.46. The highest BCUT2D eigenvalue weighted by atomic mass is 35.5. The SMILES string of the molecule is CC(NC(=O)c1ccc(-c2cc(Cl)cc(Cl)c2)nc1)C(=O)N1CCC2(CC1)CC2. The summed E-state index contributed by atoms with van der Waals surface area (Å²) in [6.07, 6.45) is 6.25. The number of hydrogen-bond donors (Lipinski definition) is 1. The number of aromatic nitrogens is 1. The first-order valence-electron chi connectivity index (χ1n) is 9.87. The van der Waals surface area contributed by atoms with Crippen LogP contribution in [0.3, 0.4) is 0 Å². The zero-order valence-electron chi connectivity index (χ0n) is 16.3. The minimum absolute atomic E-state index is 0.0213. The number of likely N-dealkylation sites (tertiary alicyclic amines) is 1. The van der Waals surface area contributed by atoms with Crippen molar-refractivity contribution in [1.82, 2.24) is 15.2 Å². The number of hydrogen-bond acceptors (Lipinski definition) is 3. The quantitative estimate of drug-likeness (QED) is 0.770. The molecular formula is C22H23Cl2N3O2. The summed E-state index contributed by atoms with van der Waals surface area (Å²) in [5.74, 6) is -0.336. The van der Waals surface area contributed by atoms with Gasteiger partial charge in [-0.3, -0.25) is 14.6 Å². The van der Waals surface area contributed by atoms with Crippen LogP contribution in [0.25, 0.3) is 11.3 Å². The molecule has 2 fully saturated rings. The number of amides is 2. The van der Waals surface area contributed by atoms with Gasteiger partial charge in [-0.2, -0.15) is 0 Å². The lowest BCUT2D eigenvalue weighted by Gasteiger charge is -2.33. The van der Waals surface area contributed by atoms with Gasteiger partial charge in [-0.1, -0.05) is 23.2 Å². The number of carbonyl (C=O) groups is 2. The summed E-state index contributed by atoms with van der Waals surface area (Å²) in [6.45, 7) is 3.31. The van der Waals surface area contributed by atoms with Crippen molar-refractivity contribution in [2.45, 2.75) is 38.6 Å². The van der Waals surface area contributed by atoms with E-state index in [2.05, 4.69) is 10.3 Å². The third-order valence-corrected chi connectivity index (χ3v) is 6.43. The zero-order chi connectivity index (χ0) is 20.6. The van der Waals surface area contributed by atoms with Gasteiger partial charge in [0.2, 0.25) is 5.91 Å². The summed E-state index contributed by atoms with van der Waals surface area (Å²) in [6, 6.07) is 8.04. The van der Waals surface area contributed by atoms with Crippen LogP contribution in [0, 0.1) is 5.41 Å². The molecule has 0 bridgehead atoms. The molecular weight excluding hydrogens is 409 g/mol. The van der Waals surface area contributed by atoms with Crippen molar-refractivity contribution in [2.75, 3.05) is 13.1 Å². The number of benzene rings is 1. The van der Waals surface area contributed by atoms with Crippen molar-refractivity contribution in [3.8, 4) is 11.3 Å². The Morgan fingerprint density at radius 3 is 2.28 bits per heavy atom. The van der Waals surface area contributed by atoms with E-state index in [0.717, 1.165) is 31.5 Å². The predicted molar refractivity (Wildman–Crippen MR) is 114 cm³/mol. The van der Waals surface area contributed by atoms with Crippen molar-refractivity contribution in [1.29, 1.82) is 0 Å². The molecule has 29 heavy (non-hydrogen) atoms. The largest absolute Gasteiger partial charge is 0.341 e. The Kier molecular flexibility index (Phi) is 5.54. The number of halogens is 2. The monoisotopic (exact) mass is 431 g/mol. The summed E-state index contributed by atoms with van der Waals surface area (Å²) in [4.78, 5) is 31.4. The van der Waals surface area contributed by atoms with Crippen molar-refractivity contribution in [2.24, 2.45) is 5.41 Å². The number of carbonyl (C=O) groups excluding carboxylic acids is 2. The van der Waals surface area contributed by atoms with Crippen molar-refractivity contribution in [3.63, 3.8) is 0 Å². The maximum atomic E-state index is 12.7. The van der Waals surface area contributed by atoms with Gasteiger partial charge < -0.3 is 10.2 Å². The topological polar surface area (TPSA) is 62.3 Å². The van der Waals surface area contributed by atoms with E-state index in [-0.39, 0.29) is 11.8 Å². The highest BCUT2D eigenvalue weighted by Gasteiger charge is 2.45.